The Morgan fingerprint density at radius 1 is 1.13 bits per heavy atom. The predicted octanol–water partition coefficient (Wildman–Crippen LogP) is 3.70. The van der Waals surface area contributed by atoms with Crippen LogP contribution in [0.5, 0.6) is 5.75 Å². The number of hydrogen-bond donors (Lipinski definition) is 1. The zero-order valence-corrected chi connectivity index (χ0v) is 18.2. The van der Waals surface area contributed by atoms with E-state index in [1.54, 1.807) is 6.07 Å². The third kappa shape index (κ3) is 6.06. The zero-order valence-electron chi connectivity index (χ0n) is 17.4. The molecule has 0 unspecified atom stereocenters. The van der Waals surface area contributed by atoms with E-state index >= 15 is 0 Å². The molecule has 6 nitrogen and oxygen atoms in total. The molecule has 0 radical (unpaired) electrons. The lowest BCUT2D eigenvalue weighted by molar-refractivity contribution is -0.120. The maximum Gasteiger partial charge on any atom is 0.228 e. The minimum Gasteiger partial charge on any atom is -0.492 e. The summed E-state index contributed by atoms with van der Waals surface area (Å²) in [5.41, 5.74) is 1.75. The Balaban J connectivity index is 1.56. The van der Waals surface area contributed by atoms with Gasteiger partial charge in [0, 0.05) is 13.1 Å². The second-order valence-electron chi connectivity index (χ2n) is 7.52. The van der Waals surface area contributed by atoms with Crippen LogP contribution < -0.4 is 10.1 Å². The molecule has 1 atom stereocenters. The highest BCUT2D eigenvalue weighted by atomic mass is 32.2. The Morgan fingerprint density at radius 2 is 1.87 bits per heavy atom. The van der Waals surface area contributed by atoms with E-state index in [2.05, 4.69) is 5.32 Å². The van der Waals surface area contributed by atoms with Crippen LogP contribution in [0, 0.1) is 5.92 Å². The molecule has 1 fully saturated rings. The smallest absolute Gasteiger partial charge is 0.228 e. The third-order valence-corrected chi connectivity index (χ3v) is 7.23. The van der Waals surface area contributed by atoms with Crippen molar-refractivity contribution in [2.45, 2.75) is 32.6 Å². The average Bonchev–Trinajstić information content (AvgIpc) is 2.76. The summed E-state index contributed by atoms with van der Waals surface area (Å²) in [7, 11) is -3.38. The quantitative estimate of drug-likeness (QED) is 0.658. The number of carbonyl (C=O) groups is 1. The van der Waals surface area contributed by atoms with Crippen LogP contribution in [0.4, 0.5) is 5.69 Å². The number of hydrogen-bond acceptors (Lipinski definition) is 4. The van der Waals surface area contributed by atoms with Gasteiger partial charge >= 0.3 is 0 Å². The minimum absolute atomic E-state index is 0.101. The van der Waals surface area contributed by atoms with Crippen molar-refractivity contribution < 1.29 is 17.9 Å². The number of nitrogens with one attached hydrogen (secondary N) is 1. The number of aryl methyl sites for hydroxylation is 1. The fourth-order valence-electron chi connectivity index (χ4n) is 3.73. The summed E-state index contributed by atoms with van der Waals surface area (Å²) in [4.78, 5) is 12.8. The summed E-state index contributed by atoms with van der Waals surface area (Å²) in [6.45, 7) is 3.11. The molecule has 1 N–H and O–H groups in total. The van der Waals surface area contributed by atoms with Gasteiger partial charge in [-0.3, -0.25) is 4.79 Å². The van der Waals surface area contributed by atoms with Gasteiger partial charge in [0.1, 0.15) is 5.75 Å². The van der Waals surface area contributed by atoms with Gasteiger partial charge in [0.2, 0.25) is 15.9 Å². The van der Waals surface area contributed by atoms with Crippen LogP contribution in [0.1, 0.15) is 31.7 Å². The lowest BCUT2D eigenvalue weighted by Gasteiger charge is -2.31. The first kappa shape index (κ1) is 22.3. The molecule has 1 aliphatic heterocycles. The molecule has 1 heterocycles. The molecular formula is C23H30N2O4S. The standard InChI is InChI=1S/C23H30N2O4S/c1-2-29-22-15-7-6-14-21(22)24-23(26)20-13-8-16-25(18-20)30(27,28)17-9-12-19-10-4-3-5-11-19/h3-7,10-11,14-15,20H,2,8-9,12-13,16-18H2,1H3,(H,24,26)/t20-/m1/s1. The lowest BCUT2D eigenvalue weighted by atomic mass is 9.98. The van der Waals surface area contributed by atoms with Crippen LogP contribution in [0.25, 0.3) is 0 Å². The van der Waals surface area contributed by atoms with Crippen LogP contribution >= 0.6 is 0 Å². The Labute approximate surface area is 179 Å². The number of amides is 1. The van der Waals surface area contributed by atoms with Crippen molar-refractivity contribution in [3.8, 4) is 5.75 Å². The van der Waals surface area contributed by atoms with Crippen molar-refractivity contribution >= 4 is 21.6 Å². The van der Waals surface area contributed by atoms with Gasteiger partial charge in [-0.25, -0.2) is 12.7 Å². The SMILES string of the molecule is CCOc1ccccc1NC(=O)[C@@H]1CCCN(S(=O)(=O)CCCc2ccccc2)C1. The highest BCUT2D eigenvalue weighted by Crippen LogP contribution is 2.26. The maximum absolute atomic E-state index is 12.8. The van der Waals surface area contributed by atoms with Gasteiger partial charge in [-0.1, -0.05) is 42.5 Å². The zero-order chi connectivity index (χ0) is 21.4. The summed E-state index contributed by atoms with van der Waals surface area (Å²) in [6.07, 6.45) is 2.66. The molecule has 0 aromatic heterocycles. The number of carbonyl (C=O) groups excluding carboxylic acids is 1. The molecule has 1 aliphatic rings. The first-order valence-electron chi connectivity index (χ1n) is 10.5. The van der Waals surface area contributed by atoms with E-state index in [0.717, 1.165) is 12.0 Å². The number of rotatable bonds is 9. The Bertz CT molecular complexity index is 931. The molecule has 3 rings (SSSR count). The first-order chi connectivity index (χ1) is 14.5. The summed E-state index contributed by atoms with van der Waals surface area (Å²) in [5, 5.41) is 2.92. The van der Waals surface area contributed by atoms with Gasteiger partial charge in [0.25, 0.3) is 0 Å². The number of anilines is 1. The van der Waals surface area contributed by atoms with E-state index in [1.165, 1.54) is 4.31 Å². The van der Waals surface area contributed by atoms with E-state index in [9.17, 15) is 13.2 Å². The Morgan fingerprint density at radius 3 is 2.63 bits per heavy atom. The number of nitrogens with zero attached hydrogens (tertiary/aromatic N) is 1. The molecule has 2 aromatic carbocycles. The van der Waals surface area contributed by atoms with Crippen LogP contribution in [-0.4, -0.2) is 44.1 Å². The van der Waals surface area contributed by atoms with Gasteiger partial charge in [0.15, 0.2) is 0 Å². The molecule has 0 spiro atoms. The molecule has 30 heavy (non-hydrogen) atoms. The van der Waals surface area contributed by atoms with Gasteiger partial charge in [0.05, 0.1) is 24.0 Å². The normalized spacial score (nSPS) is 17.4. The molecule has 0 aliphatic carbocycles. The molecule has 1 saturated heterocycles. The molecular weight excluding hydrogens is 400 g/mol. The van der Waals surface area contributed by atoms with Gasteiger partial charge < -0.3 is 10.1 Å². The monoisotopic (exact) mass is 430 g/mol. The maximum atomic E-state index is 12.8. The lowest BCUT2D eigenvalue weighted by Crippen LogP contribution is -2.44. The fourth-order valence-corrected chi connectivity index (χ4v) is 5.31. The fraction of sp³-hybridized carbons (Fsp3) is 0.435. The topological polar surface area (TPSA) is 75.7 Å². The van der Waals surface area contributed by atoms with Crippen LogP contribution in [-0.2, 0) is 21.2 Å². The van der Waals surface area contributed by atoms with Crippen molar-refractivity contribution in [2.75, 3.05) is 30.8 Å². The van der Waals surface area contributed by atoms with E-state index in [0.29, 0.717) is 43.9 Å². The molecule has 0 saturated carbocycles. The molecule has 2 aromatic rings. The Kier molecular flexibility index (Phi) is 7.87. The van der Waals surface area contributed by atoms with Crippen molar-refractivity contribution in [1.82, 2.24) is 4.31 Å². The van der Waals surface area contributed by atoms with E-state index < -0.39 is 10.0 Å². The highest BCUT2D eigenvalue weighted by Gasteiger charge is 2.32. The number of para-hydroxylation sites is 2. The van der Waals surface area contributed by atoms with Crippen LogP contribution in [0.15, 0.2) is 54.6 Å². The highest BCUT2D eigenvalue weighted by molar-refractivity contribution is 7.89. The number of ether oxygens (including phenoxy) is 1. The first-order valence-corrected chi connectivity index (χ1v) is 12.1. The Hall–Kier alpha value is -2.38. The summed E-state index contributed by atoms with van der Waals surface area (Å²) in [5.74, 6) is 0.196. The number of benzene rings is 2. The number of piperidine rings is 1. The predicted molar refractivity (Wildman–Crippen MR) is 119 cm³/mol. The average molecular weight is 431 g/mol. The summed E-state index contributed by atoms with van der Waals surface area (Å²) >= 11 is 0. The van der Waals surface area contributed by atoms with Gasteiger partial charge in [-0.05, 0) is 50.3 Å². The van der Waals surface area contributed by atoms with Crippen molar-refractivity contribution in [2.24, 2.45) is 5.92 Å². The molecule has 0 bridgehead atoms. The van der Waals surface area contributed by atoms with E-state index in [-0.39, 0.29) is 24.1 Å². The van der Waals surface area contributed by atoms with Gasteiger partial charge in [-0.15, -0.1) is 0 Å². The van der Waals surface area contributed by atoms with Crippen molar-refractivity contribution in [3.63, 3.8) is 0 Å². The van der Waals surface area contributed by atoms with Crippen molar-refractivity contribution in [1.29, 1.82) is 0 Å². The second-order valence-corrected chi connectivity index (χ2v) is 9.61. The van der Waals surface area contributed by atoms with Crippen LogP contribution in [0.3, 0.4) is 0 Å². The summed E-state index contributed by atoms with van der Waals surface area (Å²) in [6, 6.07) is 17.2. The van der Waals surface area contributed by atoms with E-state index in [4.69, 9.17) is 4.74 Å². The van der Waals surface area contributed by atoms with Crippen LogP contribution in [0.2, 0.25) is 0 Å². The van der Waals surface area contributed by atoms with E-state index in [1.807, 2.05) is 55.5 Å². The largest absolute Gasteiger partial charge is 0.492 e. The molecule has 7 heteroatoms. The number of sulfonamides is 1. The van der Waals surface area contributed by atoms with Gasteiger partial charge in [-0.2, -0.15) is 0 Å². The molecule has 162 valence electrons. The van der Waals surface area contributed by atoms with Crippen molar-refractivity contribution in [3.05, 3.63) is 60.2 Å². The summed E-state index contributed by atoms with van der Waals surface area (Å²) < 4.78 is 32.7. The second kappa shape index (κ2) is 10.6. The molecule has 1 amide bonds. The third-order valence-electron chi connectivity index (χ3n) is 5.30. The minimum atomic E-state index is -3.38.